The van der Waals surface area contributed by atoms with E-state index in [4.69, 9.17) is 12.6 Å². The van der Waals surface area contributed by atoms with Crippen molar-refractivity contribution in [1.29, 1.82) is 0 Å². The maximum atomic E-state index is 5.22. The molecule has 0 aliphatic carbocycles. The first kappa shape index (κ1) is 10.6. The van der Waals surface area contributed by atoms with Crippen molar-refractivity contribution in [3.8, 4) is 0 Å². The lowest BCUT2D eigenvalue weighted by atomic mass is 9.93. The highest BCUT2D eigenvalue weighted by atomic mass is 32.1. The first-order valence-corrected chi connectivity index (χ1v) is 6.00. The Morgan fingerprint density at radius 1 is 1.07 bits per heavy atom. The van der Waals surface area contributed by atoms with E-state index >= 15 is 0 Å². The second-order valence-corrected chi connectivity index (χ2v) is 4.17. The molecule has 0 saturated carbocycles. The normalized spacial score (nSPS) is 12.9. The summed E-state index contributed by atoms with van der Waals surface area (Å²) in [6.07, 6.45) is 1.12. The molecule has 0 nitrogen and oxygen atoms in total. The van der Waals surface area contributed by atoms with Gasteiger partial charge < -0.3 is 0 Å². The Kier molecular flexibility index (Phi) is 3.32. The van der Waals surface area contributed by atoms with Gasteiger partial charge in [0.25, 0.3) is 0 Å². The molecule has 0 aromatic heterocycles. The van der Waals surface area contributed by atoms with Crippen LogP contribution < -0.4 is 0 Å². The van der Waals surface area contributed by atoms with Crippen LogP contribution in [0, 0.1) is 0 Å². The average molecular weight is 215 g/mol. The van der Waals surface area contributed by atoms with Crippen LogP contribution in [0.5, 0.6) is 0 Å². The summed E-state index contributed by atoms with van der Waals surface area (Å²) < 4.78 is 0. The molecule has 1 unspecified atom stereocenters. The predicted molar refractivity (Wildman–Crippen MR) is 69.4 cm³/mol. The minimum absolute atomic E-state index is 0.520. The van der Waals surface area contributed by atoms with E-state index in [0.29, 0.717) is 5.92 Å². The molecule has 2 aromatic rings. The Morgan fingerprint density at radius 3 is 2.53 bits per heavy atom. The Labute approximate surface area is 96.7 Å². The number of benzene rings is 2. The number of fused-ring (bicyclic) bond motifs is 1. The van der Waals surface area contributed by atoms with E-state index in [1.807, 2.05) is 0 Å². The van der Waals surface area contributed by atoms with Crippen LogP contribution in [-0.4, -0.2) is 5.75 Å². The lowest BCUT2D eigenvalue weighted by molar-refractivity contribution is 0.752. The van der Waals surface area contributed by atoms with Gasteiger partial charge in [0.1, 0.15) is 0 Å². The molecule has 2 rings (SSSR count). The molecule has 0 amide bonds. The molecule has 0 heterocycles. The number of hydrogen-bond acceptors (Lipinski definition) is 0. The van der Waals surface area contributed by atoms with Gasteiger partial charge in [-0.1, -0.05) is 62.0 Å². The third-order valence-corrected chi connectivity index (χ3v) is 3.36. The molecule has 0 aliphatic rings. The van der Waals surface area contributed by atoms with Gasteiger partial charge in [-0.2, -0.15) is 0 Å². The van der Waals surface area contributed by atoms with Crippen molar-refractivity contribution in [3.63, 3.8) is 0 Å². The monoisotopic (exact) mass is 215 g/mol. The summed E-state index contributed by atoms with van der Waals surface area (Å²) in [6.45, 7) is 2.21. The summed E-state index contributed by atoms with van der Waals surface area (Å²) in [4.78, 5) is 0. The Bertz CT molecular complexity index is 439. The van der Waals surface area contributed by atoms with Crippen LogP contribution >= 0.6 is 12.6 Å². The highest BCUT2D eigenvalue weighted by Crippen LogP contribution is 2.28. The minimum Gasteiger partial charge on any atom is -0.0935 e. The number of hydrogen-bond donors (Lipinski definition) is 0. The minimum atomic E-state index is 0.520. The van der Waals surface area contributed by atoms with Gasteiger partial charge in [-0.25, -0.2) is 0 Å². The van der Waals surface area contributed by atoms with Crippen LogP contribution in [0.2, 0.25) is 0 Å². The summed E-state index contributed by atoms with van der Waals surface area (Å²) in [6, 6.07) is 15.0. The molecule has 77 valence electrons. The van der Waals surface area contributed by atoms with E-state index in [2.05, 4.69) is 49.4 Å². The third kappa shape index (κ3) is 2.03. The predicted octanol–water partition coefficient (Wildman–Crippen LogP) is 4.53. The summed E-state index contributed by atoms with van der Waals surface area (Å²) in [5.74, 6) is 1.33. The average Bonchev–Trinajstić information content (AvgIpc) is 2.31. The van der Waals surface area contributed by atoms with E-state index in [0.717, 1.165) is 12.2 Å². The van der Waals surface area contributed by atoms with E-state index < -0.39 is 0 Å². The maximum absolute atomic E-state index is 5.22. The standard InChI is InChI=1S/C14H15S/c1-2-11(10-15)13-9-5-7-12-6-3-4-8-14(12)13/h3-9,11H,2,10H2,1H3. The lowest BCUT2D eigenvalue weighted by Crippen LogP contribution is -1.99. The SMILES string of the molecule is CCC(C[S])c1cccc2ccccc12. The summed E-state index contributed by atoms with van der Waals surface area (Å²) >= 11 is 5.22. The fourth-order valence-corrected chi connectivity index (χ4v) is 2.45. The summed E-state index contributed by atoms with van der Waals surface area (Å²) in [5.41, 5.74) is 1.41. The molecule has 0 N–H and O–H groups in total. The van der Waals surface area contributed by atoms with Crippen molar-refractivity contribution in [2.24, 2.45) is 0 Å². The van der Waals surface area contributed by atoms with Crippen molar-refractivity contribution in [2.75, 3.05) is 5.75 Å². The number of rotatable bonds is 3. The molecule has 0 bridgehead atoms. The molecule has 0 spiro atoms. The summed E-state index contributed by atoms with van der Waals surface area (Å²) in [5, 5.41) is 2.67. The second kappa shape index (κ2) is 4.71. The Morgan fingerprint density at radius 2 is 1.80 bits per heavy atom. The molecular formula is C14H15S. The van der Waals surface area contributed by atoms with Crippen molar-refractivity contribution >= 4 is 23.4 Å². The van der Waals surface area contributed by atoms with E-state index in [9.17, 15) is 0 Å². The molecule has 1 heteroatoms. The fourth-order valence-electron chi connectivity index (χ4n) is 2.03. The van der Waals surface area contributed by atoms with Gasteiger partial charge in [-0.05, 0) is 28.7 Å². The Hall–Kier alpha value is -0.950. The molecule has 15 heavy (non-hydrogen) atoms. The van der Waals surface area contributed by atoms with Crippen molar-refractivity contribution in [2.45, 2.75) is 19.3 Å². The first-order valence-electron chi connectivity index (χ1n) is 5.42. The van der Waals surface area contributed by atoms with Crippen LogP contribution in [0.1, 0.15) is 24.8 Å². The highest BCUT2D eigenvalue weighted by molar-refractivity contribution is 7.80. The molecular weight excluding hydrogens is 200 g/mol. The zero-order chi connectivity index (χ0) is 10.7. The zero-order valence-electron chi connectivity index (χ0n) is 8.94. The van der Waals surface area contributed by atoms with Crippen molar-refractivity contribution in [1.82, 2.24) is 0 Å². The second-order valence-electron chi connectivity index (χ2n) is 3.84. The maximum Gasteiger partial charge on any atom is 0.0106 e. The summed E-state index contributed by atoms with van der Waals surface area (Å²) in [7, 11) is 0. The smallest absolute Gasteiger partial charge is 0.0106 e. The van der Waals surface area contributed by atoms with Gasteiger partial charge in [-0.3, -0.25) is 0 Å². The van der Waals surface area contributed by atoms with Gasteiger partial charge in [-0.15, -0.1) is 0 Å². The molecule has 0 aliphatic heterocycles. The van der Waals surface area contributed by atoms with Crippen molar-refractivity contribution < 1.29 is 0 Å². The third-order valence-electron chi connectivity index (χ3n) is 2.96. The van der Waals surface area contributed by atoms with Crippen LogP contribution in [-0.2, 0) is 0 Å². The quantitative estimate of drug-likeness (QED) is 0.705. The topological polar surface area (TPSA) is 0 Å². The Balaban J connectivity index is 2.59. The van der Waals surface area contributed by atoms with Crippen LogP contribution in [0.3, 0.4) is 0 Å². The van der Waals surface area contributed by atoms with Gasteiger partial charge >= 0.3 is 0 Å². The largest absolute Gasteiger partial charge is 0.0935 e. The van der Waals surface area contributed by atoms with Crippen LogP contribution in [0.4, 0.5) is 0 Å². The molecule has 1 atom stereocenters. The van der Waals surface area contributed by atoms with Crippen molar-refractivity contribution in [3.05, 3.63) is 48.0 Å². The molecule has 2 aromatic carbocycles. The van der Waals surface area contributed by atoms with E-state index in [1.165, 1.54) is 16.3 Å². The molecule has 1 radical (unpaired) electrons. The fraction of sp³-hybridized carbons (Fsp3) is 0.286. The van der Waals surface area contributed by atoms with Gasteiger partial charge in [0.05, 0.1) is 0 Å². The first-order chi connectivity index (χ1) is 7.36. The van der Waals surface area contributed by atoms with Gasteiger partial charge in [0.2, 0.25) is 0 Å². The lowest BCUT2D eigenvalue weighted by Gasteiger charge is -2.14. The van der Waals surface area contributed by atoms with E-state index in [1.54, 1.807) is 0 Å². The van der Waals surface area contributed by atoms with E-state index in [-0.39, 0.29) is 0 Å². The molecule has 0 saturated heterocycles. The van der Waals surface area contributed by atoms with Gasteiger partial charge in [0.15, 0.2) is 0 Å². The van der Waals surface area contributed by atoms with Crippen LogP contribution in [0.25, 0.3) is 10.8 Å². The molecule has 0 fully saturated rings. The highest BCUT2D eigenvalue weighted by Gasteiger charge is 2.10. The van der Waals surface area contributed by atoms with Gasteiger partial charge in [0, 0.05) is 5.75 Å². The zero-order valence-corrected chi connectivity index (χ0v) is 9.76. The van der Waals surface area contributed by atoms with Crippen LogP contribution in [0.15, 0.2) is 42.5 Å².